The number of rotatable bonds is 6. The number of likely N-dealkylation sites (tertiary alicyclic amines) is 1. The summed E-state index contributed by atoms with van der Waals surface area (Å²) in [5, 5.41) is 3.54. The van der Waals surface area contributed by atoms with Gasteiger partial charge in [0.15, 0.2) is 0 Å². The van der Waals surface area contributed by atoms with Crippen molar-refractivity contribution in [2.75, 3.05) is 26.7 Å². The molecule has 0 aliphatic carbocycles. The molecule has 6 heteroatoms. The molecule has 1 amide bonds. The molecule has 2 aromatic rings. The van der Waals surface area contributed by atoms with Gasteiger partial charge in [0.2, 0.25) is 0 Å². The zero-order valence-corrected chi connectivity index (χ0v) is 17.1. The zero-order valence-electron chi connectivity index (χ0n) is 15.5. The van der Waals surface area contributed by atoms with Gasteiger partial charge in [-0.15, -0.1) is 12.4 Å². The van der Waals surface area contributed by atoms with Gasteiger partial charge in [0.25, 0.3) is 5.91 Å². The summed E-state index contributed by atoms with van der Waals surface area (Å²) in [4.78, 5) is 15.0. The first-order chi connectivity index (χ1) is 12.7. The Balaban J connectivity index is 0.00000261. The van der Waals surface area contributed by atoms with E-state index in [0.29, 0.717) is 17.1 Å². The maximum Gasteiger partial charge on any atom is 0.252 e. The lowest BCUT2D eigenvalue weighted by molar-refractivity contribution is 0.0924. The first-order valence-corrected chi connectivity index (χ1v) is 9.47. The summed E-state index contributed by atoms with van der Waals surface area (Å²) in [6.45, 7) is 2.66. The Labute approximate surface area is 172 Å². The molecule has 1 fully saturated rings. The van der Waals surface area contributed by atoms with Gasteiger partial charge in [-0.1, -0.05) is 42.3 Å². The highest BCUT2D eigenvalue weighted by atomic mass is 35.5. The fourth-order valence-corrected chi connectivity index (χ4v) is 3.67. The van der Waals surface area contributed by atoms with E-state index in [1.807, 2.05) is 24.3 Å². The summed E-state index contributed by atoms with van der Waals surface area (Å²) >= 11 is 6.15. The third kappa shape index (κ3) is 5.61. The summed E-state index contributed by atoms with van der Waals surface area (Å²) < 4.78 is 5.27. The number of nitrogens with one attached hydrogen (secondary N) is 1. The average molecular weight is 409 g/mol. The minimum absolute atomic E-state index is 0. The number of halogens is 2. The minimum atomic E-state index is -0.133. The van der Waals surface area contributed by atoms with Crippen LogP contribution in [0.25, 0.3) is 0 Å². The fraction of sp³-hybridized carbons (Fsp3) is 0.381. The molecule has 2 aromatic carbocycles. The maximum absolute atomic E-state index is 12.6. The molecule has 27 heavy (non-hydrogen) atoms. The molecular formula is C21H26Cl2N2O2. The molecule has 0 radical (unpaired) electrons. The van der Waals surface area contributed by atoms with E-state index < -0.39 is 0 Å². The molecule has 1 atom stereocenters. The molecule has 0 bridgehead atoms. The van der Waals surface area contributed by atoms with Crippen molar-refractivity contribution >= 4 is 29.9 Å². The Morgan fingerprint density at radius 3 is 2.41 bits per heavy atom. The monoisotopic (exact) mass is 408 g/mol. The van der Waals surface area contributed by atoms with E-state index in [4.69, 9.17) is 16.3 Å². The third-order valence-corrected chi connectivity index (χ3v) is 5.24. The van der Waals surface area contributed by atoms with Crippen molar-refractivity contribution in [1.29, 1.82) is 0 Å². The van der Waals surface area contributed by atoms with Crippen LogP contribution < -0.4 is 10.1 Å². The van der Waals surface area contributed by atoms with Gasteiger partial charge >= 0.3 is 0 Å². The van der Waals surface area contributed by atoms with Crippen LogP contribution in [0.5, 0.6) is 5.75 Å². The molecule has 1 saturated heterocycles. The predicted octanol–water partition coefficient (Wildman–Crippen LogP) is 4.73. The van der Waals surface area contributed by atoms with E-state index in [1.54, 1.807) is 19.2 Å². The average Bonchev–Trinajstić information content (AvgIpc) is 2.69. The summed E-state index contributed by atoms with van der Waals surface area (Å²) in [5.41, 5.74) is 1.70. The topological polar surface area (TPSA) is 41.6 Å². The molecular weight excluding hydrogens is 383 g/mol. The van der Waals surface area contributed by atoms with E-state index in [-0.39, 0.29) is 24.4 Å². The summed E-state index contributed by atoms with van der Waals surface area (Å²) in [7, 11) is 1.67. The number of carbonyl (C=O) groups is 1. The zero-order chi connectivity index (χ0) is 18.4. The quantitative estimate of drug-likeness (QED) is 0.750. The largest absolute Gasteiger partial charge is 0.497 e. The molecule has 0 saturated carbocycles. The molecule has 1 unspecified atom stereocenters. The van der Waals surface area contributed by atoms with Crippen molar-refractivity contribution < 1.29 is 9.53 Å². The second-order valence-corrected chi connectivity index (χ2v) is 6.98. The standard InChI is InChI=1S/C21H25ClN2O2.ClH/c1-26-17-11-9-16(10-12-17)20(24-13-5-2-6-14-24)15-23-21(25)18-7-3-4-8-19(18)22;/h3-4,7-12,20H,2,5-6,13-15H2,1H3,(H,23,25);1H. The summed E-state index contributed by atoms with van der Waals surface area (Å²) in [5.74, 6) is 0.706. The number of benzene rings is 2. The van der Waals surface area contributed by atoms with Gasteiger partial charge < -0.3 is 10.1 Å². The lowest BCUT2D eigenvalue weighted by Gasteiger charge is -2.35. The lowest BCUT2D eigenvalue weighted by Crippen LogP contribution is -2.40. The van der Waals surface area contributed by atoms with Crippen LogP contribution >= 0.6 is 24.0 Å². The smallest absolute Gasteiger partial charge is 0.252 e. The van der Waals surface area contributed by atoms with Crippen molar-refractivity contribution in [2.24, 2.45) is 0 Å². The van der Waals surface area contributed by atoms with Gasteiger partial charge in [0.1, 0.15) is 5.75 Å². The van der Waals surface area contributed by atoms with Gasteiger partial charge in [-0.25, -0.2) is 0 Å². The lowest BCUT2D eigenvalue weighted by atomic mass is 10.0. The van der Waals surface area contributed by atoms with Crippen molar-refractivity contribution in [2.45, 2.75) is 25.3 Å². The van der Waals surface area contributed by atoms with Crippen molar-refractivity contribution in [1.82, 2.24) is 10.2 Å². The molecule has 146 valence electrons. The van der Waals surface area contributed by atoms with Gasteiger partial charge in [0, 0.05) is 6.54 Å². The first-order valence-electron chi connectivity index (χ1n) is 9.10. The Hall–Kier alpha value is -1.75. The molecule has 1 aliphatic heterocycles. The van der Waals surface area contributed by atoms with Gasteiger partial charge in [-0.05, 0) is 55.8 Å². The van der Waals surface area contributed by atoms with Crippen LogP contribution in [0.15, 0.2) is 48.5 Å². The highest BCUT2D eigenvalue weighted by molar-refractivity contribution is 6.33. The van der Waals surface area contributed by atoms with Crippen LogP contribution in [0.3, 0.4) is 0 Å². The highest BCUT2D eigenvalue weighted by Gasteiger charge is 2.23. The number of amides is 1. The van der Waals surface area contributed by atoms with Gasteiger partial charge in [-0.3, -0.25) is 9.69 Å². The number of nitrogens with zero attached hydrogens (tertiary/aromatic N) is 1. The normalized spacial score (nSPS) is 15.5. The number of methoxy groups -OCH3 is 1. The summed E-state index contributed by atoms with van der Waals surface area (Å²) in [6.07, 6.45) is 3.67. The second-order valence-electron chi connectivity index (χ2n) is 6.58. The number of piperidine rings is 1. The van der Waals surface area contributed by atoms with Crippen LogP contribution in [-0.2, 0) is 0 Å². The summed E-state index contributed by atoms with van der Waals surface area (Å²) in [6, 6.07) is 15.4. The van der Waals surface area contributed by atoms with Gasteiger partial charge in [-0.2, -0.15) is 0 Å². The maximum atomic E-state index is 12.6. The Morgan fingerprint density at radius 2 is 1.78 bits per heavy atom. The van der Waals surface area contributed by atoms with Crippen LogP contribution in [0.1, 0.15) is 41.2 Å². The molecule has 1 aliphatic rings. The van der Waals surface area contributed by atoms with E-state index in [1.165, 1.54) is 24.8 Å². The SMILES string of the molecule is COc1ccc(C(CNC(=O)c2ccccc2Cl)N2CCCCC2)cc1.Cl. The van der Waals surface area contributed by atoms with E-state index in [0.717, 1.165) is 18.8 Å². The molecule has 1 heterocycles. The molecule has 3 rings (SSSR count). The second kappa shape index (κ2) is 10.5. The molecule has 0 aromatic heterocycles. The molecule has 1 N–H and O–H groups in total. The molecule has 4 nitrogen and oxygen atoms in total. The predicted molar refractivity (Wildman–Crippen MR) is 112 cm³/mol. The van der Waals surface area contributed by atoms with E-state index >= 15 is 0 Å². The molecule has 0 spiro atoms. The fourth-order valence-electron chi connectivity index (χ4n) is 3.44. The minimum Gasteiger partial charge on any atom is -0.497 e. The van der Waals surface area contributed by atoms with Crippen LogP contribution in [0.2, 0.25) is 5.02 Å². The van der Waals surface area contributed by atoms with Crippen molar-refractivity contribution in [3.05, 3.63) is 64.7 Å². The number of hydrogen-bond donors (Lipinski definition) is 1. The Kier molecular flexibility index (Phi) is 8.42. The highest BCUT2D eigenvalue weighted by Crippen LogP contribution is 2.26. The van der Waals surface area contributed by atoms with E-state index in [9.17, 15) is 4.79 Å². The van der Waals surface area contributed by atoms with Crippen molar-refractivity contribution in [3.8, 4) is 5.75 Å². The van der Waals surface area contributed by atoms with Crippen LogP contribution in [0.4, 0.5) is 0 Å². The number of hydrogen-bond acceptors (Lipinski definition) is 3. The third-order valence-electron chi connectivity index (χ3n) is 4.91. The van der Waals surface area contributed by atoms with E-state index in [2.05, 4.69) is 22.3 Å². The van der Waals surface area contributed by atoms with Crippen molar-refractivity contribution in [3.63, 3.8) is 0 Å². The van der Waals surface area contributed by atoms with Crippen LogP contribution in [0, 0.1) is 0 Å². The number of ether oxygens (including phenoxy) is 1. The van der Waals surface area contributed by atoms with Crippen LogP contribution in [-0.4, -0.2) is 37.6 Å². The first kappa shape index (κ1) is 21.5. The Morgan fingerprint density at radius 1 is 1.11 bits per heavy atom. The number of carbonyl (C=O) groups excluding carboxylic acids is 1. The Bertz CT molecular complexity index is 731. The van der Waals surface area contributed by atoms with Gasteiger partial charge in [0.05, 0.1) is 23.7 Å².